The Morgan fingerprint density at radius 1 is 1.80 bits per heavy atom. The average molecular weight is 173 g/mol. The molecule has 0 aromatic rings. The summed E-state index contributed by atoms with van der Waals surface area (Å²) in [5.74, 6) is -0.769. The molecule has 0 spiro atoms. The van der Waals surface area contributed by atoms with Crippen molar-refractivity contribution in [3.05, 3.63) is 11.3 Å². The molecule has 0 saturated carbocycles. The normalized spacial score (nSPS) is 10.0. The number of carbonyl (C=O) groups is 1. The number of carbonyl (C=O) groups excluding carboxylic acids is 1. The zero-order valence-electron chi connectivity index (χ0n) is 5.89. The van der Waals surface area contributed by atoms with Crippen molar-refractivity contribution in [1.82, 2.24) is 0 Å². The van der Waals surface area contributed by atoms with Crippen LogP contribution in [0, 0.1) is 0 Å². The van der Waals surface area contributed by atoms with E-state index >= 15 is 0 Å². The van der Waals surface area contributed by atoms with Crippen LogP contribution in [0.3, 0.4) is 0 Å². The molecule has 0 atom stereocenters. The summed E-state index contributed by atoms with van der Waals surface area (Å²) in [7, 11) is 0. The van der Waals surface area contributed by atoms with Gasteiger partial charge in [-0.05, 0) is 6.92 Å². The fraction of sp³-hybridized carbons (Fsp3) is 0.400. The van der Waals surface area contributed by atoms with Crippen LogP contribution in [-0.2, 0) is 9.53 Å². The molecule has 0 unspecified atom stereocenters. The van der Waals surface area contributed by atoms with Crippen LogP contribution in [0.1, 0.15) is 6.92 Å². The molecule has 0 rings (SSSR count). The van der Waals surface area contributed by atoms with Crippen molar-refractivity contribution in [1.29, 1.82) is 0 Å². The van der Waals surface area contributed by atoms with Gasteiger partial charge in [0, 0.05) is 0 Å². The monoisotopic (exact) mass is 172 g/mol. The predicted molar refractivity (Wildman–Crippen MR) is 30.6 cm³/mol. The van der Waals surface area contributed by atoms with Gasteiger partial charge in [-0.3, -0.25) is 0 Å². The van der Waals surface area contributed by atoms with Gasteiger partial charge in [0.25, 0.3) is 0 Å². The topological polar surface area (TPSA) is 49.4 Å². The van der Waals surface area contributed by atoms with Crippen molar-refractivity contribution in [2.75, 3.05) is 6.61 Å². The standard InChI is InChI=1S/C5H7ClO3.Na/c1-2-9-5(8)4(6)3-7;/h3,7H,2H2,1H3;/q;+1/p-1/b4-3-;. The predicted octanol–water partition coefficient (Wildman–Crippen LogP) is -3.01. The molecule has 0 heterocycles. The molecule has 0 bridgehead atoms. The first-order valence-electron chi connectivity index (χ1n) is 2.37. The van der Waals surface area contributed by atoms with Crippen LogP contribution in [0.25, 0.3) is 0 Å². The van der Waals surface area contributed by atoms with Crippen molar-refractivity contribution in [2.24, 2.45) is 0 Å². The van der Waals surface area contributed by atoms with Gasteiger partial charge < -0.3 is 9.84 Å². The maximum atomic E-state index is 10.4. The third kappa shape index (κ3) is 5.11. The molecule has 10 heavy (non-hydrogen) atoms. The van der Waals surface area contributed by atoms with Crippen LogP contribution < -0.4 is 34.7 Å². The first kappa shape index (κ1) is 12.9. The molecule has 0 aromatic carbocycles. The number of ether oxygens (including phenoxy) is 1. The minimum absolute atomic E-state index is 0. The SMILES string of the molecule is CCOC(=O)/C(Cl)=C/[O-].[Na+]. The smallest absolute Gasteiger partial charge is 0.877 e. The molecule has 52 valence electrons. The molecule has 0 radical (unpaired) electrons. The minimum atomic E-state index is -0.769. The summed E-state index contributed by atoms with van der Waals surface area (Å²) in [5.41, 5.74) is 0. The molecular formula is C5H6ClNaO3. The Morgan fingerprint density at radius 2 is 2.30 bits per heavy atom. The Kier molecular flexibility index (Phi) is 9.58. The van der Waals surface area contributed by atoms with Gasteiger partial charge in [-0.25, -0.2) is 4.79 Å². The van der Waals surface area contributed by atoms with Gasteiger partial charge in [0.15, 0.2) is 0 Å². The summed E-state index contributed by atoms with van der Waals surface area (Å²) < 4.78 is 4.36. The van der Waals surface area contributed by atoms with E-state index in [2.05, 4.69) is 4.74 Å². The summed E-state index contributed by atoms with van der Waals surface area (Å²) in [6.07, 6.45) is 0.250. The maximum Gasteiger partial charge on any atom is 1.00 e. The van der Waals surface area contributed by atoms with Crippen LogP contribution in [0.15, 0.2) is 11.3 Å². The van der Waals surface area contributed by atoms with E-state index in [4.69, 9.17) is 11.6 Å². The Morgan fingerprint density at radius 3 is 2.60 bits per heavy atom. The molecule has 0 fully saturated rings. The average Bonchev–Trinajstić information content (AvgIpc) is 1.87. The Hall–Kier alpha value is 0.300. The summed E-state index contributed by atoms with van der Waals surface area (Å²) in [5, 5.41) is 9.33. The fourth-order valence-corrected chi connectivity index (χ4v) is 0.303. The first-order valence-corrected chi connectivity index (χ1v) is 2.75. The summed E-state index contributed by atoms with van der Waals surface area (Å²) in [4.78, 5) is 10.4. The van der Waals surface area contributed by atoms with E-state index in [0.717, 1.165) is 0 Å². The zero-order valence-corrected chi connectivity index (χ0v) is 8.64. The van der Waals surface area contributed by atoms with Crippen LogP contribution in [-0.4, -0.2) is 12.6 Å². The van der Waals surface area contributed by atoms with E-state index < -0.39 is 11.0 Å². The van der Waals surface area contributed by atoms with Gasteiger partial charge in [0.05, 0.1) is 6.61 Å². The van der Waals surface area contributed by atoms with Gasteiger partial charge in [-0.1, -0.05) is 11.6 Å². The molecular weight excluding hydrogens is 166 g/mol. The molecule has 0 aromatic heterocycles. The van der Waals surface area contributed by atoms with E-state index in [1.807, 2.05) is 0 Å². The molecule has 3 nitrogen and oxygen atoms in total. The Bertz CT molecular complexity index is 135. The largest absolute Gasteiger partial charge is 1.00 e. The second kappa shape index (κ2) is 7.41. The molecule has 0 aliphatic heterocycles. The maximum absolute atomic E-state index is 10.4. The van der Waals surface area contributed by atoms with Crippen molar-refractivity contribution >= 4 is 17.6 Å². The number of esters is 1. The molecule has 5 heteroatoms. The van der Waals surface area contributed by atoms with Gasteiger partial charge >= 0.3 is 35.5 Å². The molecule has 0 saturated heterocycles. The Labute approximate surface area is 86.3 Å². The molecule has 0 aliphatic carbocycles. The van der Waals surface area contributed by atoms with Gasteiger partial charge in [0.2, 0.25) is 0 Å². The van der Waals surface area contributed by atoms with Gasteiger partial charge in [-0.2, -0.15) is 0 Å². The minimum Gasteiger partial charge on any atom is -0.877 e. The van der Waals surface area contributed by atoms with E-state index in [1.165, 1.54) is 0 Å². The zero-order chi connectivity index (χ0) is 7.28. The van der Waals surface area contributed by atoms with Crippen LogP contribution in [0.4, 0.5) is 0 Å². The summed E-state index contributed by atoms with van der Waals surface area (Å²) >= 11 is 5.07. The Balaban J connectivity index is 0. The first-order chi connectivity index (χ1) is 4.22. The van der Waals surface area contributed by atoms with Gasteiger partial charge in [-0.15, -0.1) is 6.26 Å². The van der Waals surface area contributed by atoms with Crippen molar-refractivity contribution in [2.45, 2.75) is 6.92 Å². The third-order valence-corrected chi connectivity index (χ3v) is 0.817. The van der Waals surface area contributed by atoms with Crippen molar-refractivity contribution in [3.8, 4) is 0 Å². The van der Waals surface area contributed by atoms with Crippen LogP contribution in [0.2, 0.25) is 0 Å². The van der Waals surface area contributed by atoms with E-state index in [-0.39, 0.29) is 42.4 Å². The van der Waals surface area contributed by atoms with Crippen molar-refractivity contribution < 1.29 is 44.2 Å². The van der Waals surface area contributed by atoms with Crippen molar-refractivity contribution in [3.63, 3.8) is 0 Å². The molecule has 0 aliphatic rings. The fourth-order valence-electron chi connectivity index (χ4n) is 0.248. The van der Waals surface area contributed by atoms with Crippen LogP contribution in [0.5, 0.6) is 0 Å². The third-order valence-electron chi connectivity index (χ3n) is 0.574. The van der Waals surface area contributed by atoms with E-state index in [0.29, 0.717) is 0 Å². The number of hydrogen-bond donors (Lipinski definition) is 0. The second-order valence-electron chi connectivity index (χ2n) is 1.19. The van der Waals surface area contributed by atoms with E-state index in [9.17, 15) is 9.90 Å². The number of rotatable bonds is 2. The summed E-state index contributed by atoms with van der Waals surface area (Å²) in [6, 6.07) is 0. The second-order valence-corrected chi connectivity index (χ2v) is 1.59. The van der Waals surface area contributed by atoms with Crippen LogP contribution >= 0.6 is 11.6 Å². The quantitative estimate of drug-likeness (QED) is 0.193. The molecule has 0 amide bonds. The summed E-state index contributed by atoms with van der Waals surface area (Å²) in [6.45, 7) is 1.86. The van der Waals surface area contributed by atoms with E-state index in [1.54, 1.807) is 6.92 Å². The number of hydrogen-bond acceptors (Lipinski definition) is 3. The molecule has 0 N–H and O–H groups in total. The number of halogens is 1. The van der Waals surface area contributed by atoms with Gasteiger partial charge in [0.1, 0.15) is 5.03 Å².